The zero-order chi connectivity index (χ0) is 20.4. The molecule has 4 rings (SSSR count). The number of benzene rings is 2. The molecule has 3 aromatic rings. The van der Waals surface area contributed by atoms with Crippen LogP contribution in [-0.2, 0) is 13.6 Å². The van der Waals surface area contributed by atoms with Crippen molar-refractivity contribution in [2.24, 2.45) is 13.0 Å². The van der Waals surface area contributed by atoms with E-state index in [2.05, 4.69) is 48.2 Å². The maximum atomic E-state index is 12.8. The Morgan fingerprint density at radius 2 is 1.72 bits per heavy atom. The van der Waals surface area contributed by atoms with Crippen LogP contribution in [0.15, 0.2) is 54.9 Å². The van der Waals surface area contributed by atoms with Crippen molar-refractivity contribution in [1.29, 1.82) is 0 Å². The maximum Gasteiger partial charge on any atom is 0.166 e. The molecular weight excluding hydrogens is 358 g/mol. The van der Waals surface area contributed by atoms with Crippen molar-refractivity contribution in [3.63, 3.8) is 0 Å². The molecule has 2 aromatic carbocycles. The highest BCUT2D eigenvalue weighted by Crippen LogP contribution is 2.28. The van der Waals surface area contributed by atoms with Gasteiger partial charge in [-0.1, -0.05) is 53.6 Å². The van der Waals surface area contributed by atoms with Crippen LogP contribution in [0.3, 0.4) is 0 Å². The van der Waals surface area contributed by atoms with Gasteiger partial charge in [0.1, 0.15) is 0 Å². The molecule has 29 heavy (non-hydrogen) atoms. The second-order valence-electron chi connectivity index (χ2n) is 8.34. The molecule has 4 heteroatoms. The van der Waals surface area contributed by atoms with E-state index in [0.717, 1.165) is 43.6 Å². The van der Waals surface area contributed by atoms with Crippen molar-refractivity contribution in [3.8, 4) is 11.1 Å². The third kappa shape index (κ3) is 4.48. The SMILES string of the molecule is Cc1ccc(C(=O)C2CCN(Cc3ccc(C)cc3-c3cnn(C)c3)CC2)cc1. The largest absolute Gasteiger partial charge is 0.299 e. The van der Waals surface area contributed by atoms with Crippen LogP contribution >= 0.6 is 0 Å². The van der Waals surface area contributed by atoms with Crippen LogP contribution in [0.2, 0.25) is 0 Å². The number of piperidine rings is 1. The quantitative estimate of drug-likeness (QED) is 0.590. The summed E-state index contributed by atoms with van der Waals surface area (Å²) in [6, 6.07) is 14.7. The van der Waals surface area contributed by atoms with E-state index >= 15 is 0 Å². The highest BCUT2D eigenvalue weighted by molar-refractivity contribution is 5.97. The normalized spacial score (nSPS) is 15.6. The average molecular weight is 388 g/mol. The first-order valence-electron chi connectivity index (χ1n) is 10.4. The number of hydrogen-bond acceptors (Lipinski definition) is 3. The van der Waals surface area contributed by atoms with Crippen molar-refractivity contribution in [2.75, 3.05) is 13.1 Å². The first-order chi connectivity index (χ1) is 14.0. The predicted molar refractivity (Wildman–Crippen MR) is 117 cm³/mol. The number of Topliss-reactive ketones (excluding diaryl/α,β-unsaturated/α-hetero) is 1. The number of hydrogen-bond donors (Lipinski definition) is 0. The Bertz CT molecular complexity index is 995. The van der Waals surface area contributed by atoms with Gasteiger partial charge >= 0.3 is 0 Å². The highest BCUT2D eigenvalue weighted by atomic mass is 16.1. The number of likely N-dealkylation sites (tertiary alicyclic amines) is 1. The lowest BCUT2D eigenvalue weighted by Crippen LogP contribution is -2.36. The maximum absolute atomic E-state index is 12.8. The summed E-state index contributed by atoms with van der Waals surface area (Å²) in [6.07, 6.45) is 5.87. The third-order valence-electron chi connectivity index (χ3n) is 5.97. The van der Waals surface area contributed by atoms with Gasteiger partial charge < -0.3 is 0 Å². The van der Waals surface area contributed by atoms with E-state index in [1.54, 1.807) is 0 Å². The van der Waals surface area contributed by atoms with E-state index < -0.39 is 0 Å². The molecule has 0 N–H and O–H groups in total. The van der Waals surface area contributed by atoms with Crippen LogP contribution in [0.4, 0.5) is 0 Å². The number of nitrogens with zero attached hydrogens (tertiary/aromatic N) is 3. The smallest absolute Gasteiger partial charge is 0.166 e. The molecule has 0 aliphatic carbocycles. The summed E-state index contributed by atoms with van der Waals surface area (Å²) in [7, 11) is 1.95. The molecule has 1 aliphatic rings. The Morgan fingerprint density at radius 3 is 2.38 bits per heavy atom. The molecule has 0 radical (unpaired) electrons. The Labute approximate surface area is 173 Å². The van der Waals surface area contributed by atoms with Gasteiger partial charge in [0.05, 0.1) is 6.20 Å². The monoisotopic (exact) mass is 387 g/mol. The Kier molecular flexibility index (Phi) is 5.63. The number of aryl methyl sites for hydroxylation is 3. The first-order valence-corrected chi connectivity index (χ1v) is 10.4. The van der Waals surface area contributed by atoms with Gasteiger partial charge in [-0.05, 0) is 50.9 Å². The van der Waals surface area contributed by atoms with E-state index in [4.69, 9.17) is 0 Å². The minimum absolute atomic E-state index is 0.143. The fourth-order valence-corrected chi connectivity index (χ4v) is 4.20. The van der Waals surface area contributed by atoms with Gasteiger partial charge in [-0.15, -0.1) is 0 Å². The minimum atomic E-state index is 0.143. The molecule has 1 saturated heterocycles. The van der Waals surface area contributed by atoms with Crippen molar-refractivity contribution in [3.05, 3.63) is 77.1 Å². The Hall–Kier alpha value is -2.72. The molecule has 0 bridgehead atoms. The lowest BCUT2D eigenvalue weighted by molar-refractivity contribution is 0.0835. The van der Waals surface area contributed by atoms with E-state index in [9.17, 15) is 4.79 Å². The molecule has 0 saturated carbocycles. The van der Waals surface area contributed by atoms with E-state index in [0.29, 0.717) is 5.78 Å². The summed E-state index contributed by atoms with van der Waals surface area (Å²) >= 11 is 0. The number of carbonyl (C=O) groups is 1. The van der Waals surface area contributed by atoms with Crippen LogP contribution in [0.5, 0.6) is 0 Å². The van der Waals surface area contributed by atoms with Crippen LogP contribution in [0.25, 0.3) is 11.1 Å². The van der Waals surface area contributed by atoms with Crippen LogP contribution in [-0.4, -0.2) is 33.6 Å². The molecule has 2 heterocycles. The summed E-state index contributed by atoms with van der Waals surface area (Å²) < 4.78 is 1.85. The molecule has 0 unspecified atom stereocenters. The van der Waals surface area contributed by atoms with Crippen LogP contribution in [0.1, 0.15) is 39.9 Å². The summed E-state index contributed by atoms with van der Waals surface area (Å²) in [5.74, 6) is 0.445. The average Bonchev–Trinajstić information content (AvgIpc) is 3.16. The fourth-order valence-electron chi connectivity index (χ4n) is 4.20. The van der Waals surface area contributed by atoms with Crippen LogP contribution in [0, 0.1) is 19.8 Å². The second kappa shape index (κ2) is 8.34. The number of aromatic nitrogens is 2. The second-order valence-corrected chi connectivity index (χ2v) is 8.34. The minimum Gasteiger partial charge on any atom is -0.299 e. The number of carbonyl (C=O) groups excluding carboxylic acids is 1. The van der Waals surface area contributed by atoms with E-state index in [1.165, 1.54) is 22.3 Å². The lowest BCUT2D eigenvalue weighted by Gasteiger charge is -2.31. The van der Waals surface area contributed by atoms with Gasteiger partial charge in [0.15, 0.2) is 5.78 Å². The topological polar surface area (TPSA) is 38.1 Å². The Morgan fingerprint density at radius 1 is 1.03 bits per heavy atom. The van der Waals surface area contributed by atoms with E-state index in [-0.39, 0.29) is 5.92 Å². The summed E-state index contributed by atoms with van der Waals surface area (Å²) in [4.78, 5) is 15.3. The van der Waals surface area contributed by atoms with Gasteiger partial charge in [-0.25, -0.2) is 0 Å². The third-order valence-corrected chi connectivity index (χ3v) is 5.97. The lowest BCUT2D eigenvalue weighted by atomic mass is 9.88. The molecule has 150 valence electrons. The predicted octanol–water partition coefficient (Wildman–Crippen LogP) is 4.80. The number of rotatable bonds is 5. The molecule has 0 spiro atoms. The standard InChI is InChI=1S/C25H29N3O/c1-18-4-7-20(8-5-18)25(29)21-10-12-28(13-11-21)17-22-9-6-19(2)14-24(22)23-15-26-27(3)16-23/h4-9,14-16,21H,10-13,17H2,1-3H3. The van der Waals surface area contributed by atoms with Crippen molar-refractivity contribution < 1.29 is 4.79 Å². The van der Waals surface area contributed by atoms with Gasteiger partial charge in [0.2, 0.25) is 0 Å². The molecule has 1 aliphatic heterocycles. The summed E-state index contributed by atoms with van der Waals surface area (Å²) in [6.45, 7) is 7.02. The van der Waals surface area contributed by atoms with Crippen molar-refractivity contribution >= 4 is 5.78 Å². The molecule has 4 nitrogen and oxygen atoms in total. The van der Waals surface area contributed by atoms with Gasteiger partial charge in [-0.3, -0.25) is 14.4 Å². The first kappa shape index (κ1) is 19.6. The molecule has 1 aromatic heterocycles. The summed E-state index contributed by atoms with van der Waals surface area (Å²) in [5, 5.41) is 4.34. The number of ketones is 1. The van der Waals surface area contributed by atoms with Gasteiger partial charge in [0.25, 0.3) is 0 Å². The fraction of sp³-hybridized carbons (Fsp3) is 0.360. The molecule has 0 amide bonds. The molecule has 0 atom stereocenters. The molecular formula is C25H29N3O. The molecule has 1 fully saturated rings. The van der Waals surface area contributed by atoms with E-state index in [1.807, 2.05) is 42.2 Å². The summed E-state index contributed by atoms with van der Waals surface area (Å²) in [5.41, 5.74) is 7.05. The Balaban J connectivity index is 1.42. The zero-order valence-electron chi connectivity index (χ0n) is 17.6. The van der Waals surface area contributed by atoms with Gasteiger partial charge in [-0.2, -0.15) is 5.10 Å². The van der Waals surface area contributed by atoms with Crippen molar-refractivity contribution in [2.45, 2.75) is 33.2 Å². The zero-order valence-corrected chi connectivity index (χ0v) is 17.6. The van der Waals surface area contributed by atoms with Crippen molar-refractivity contribution in [1.82, 2.24) is 14.7 Å². The highest BCUT2D eigenvalue weighted by Gasteiger charge is 2.26. The van der Waals surface area contributed by atoms with Gasteiger partial charge in [0, 0.05) is 36.8 Å². The van der Waals surface area contributed by atoms with Crippen LogP contribution < -0.4 is 0 Å².